The highest BCUT2D eigenvalue weighted by Gasteiger charge is 2.34. The summed E-state index contributed by atoms with van der Waals surface area (Å²) in [4.78, 5) is 26.4. The molecule has 1 amide bonds. The van der Waals surface area contributed by atoms with Gasteiger partial charge in [-0.25, -0.2) is 8.42 Å². The number of amides is 1. The number of benzene rings is 2. The van der Waals surface area contributed by atoms with Crippen molar-refractivity contribution in [2.75, 3.05) is 30.8 Å². The molecule has 190 valence electrons. The number of carbonyl (C=O) groups excluding carboxylic acids is 1. The molecule has 0 saturated carbocycles. The number of hydrogen-bond donors (Lipinski definition) is 1. The van der Waals surface area contributed by atoms with Crippen molar-refractivity contribution < 1.29 is 22.9 Å². The zero-order valence-corrected chi connectivity index (χ0v) is 21.1. The van der Waals surface area contributed by atoms with Crippen LogP contribution in [0.4, 0.5) is 11.4 Å². The number of ether oxygens (including phenoxy) is 1. The third-order valence-electron chi connectivity index (χ3n) is 6.10. The second kappa shape index (κ2) is 11.5. The lowest BCUT2D eigenvalue weighted by molar-refractivity contribution is -0.384. The number of carbonyl (C=O) groups is 1. The van der Waals surface area contributed by atoms with E-state index in [0.717, 1.165) is 47.4 Å². The Morgan fingerprint density at radius 1 is 1.20 bits per heavy atom. The minimum absolute atomic E-state index is 0.0550. The first-order valence-electron chi connectivity index (χ1n) is 11.5. The molecule has 0 aliphatic carbocycles. The van der Waals surface area contributed by atoms with E-state index in [4.69, 9.17) is 4.74 Å². The Bertz CT molecular complexity index is 1160. The lowest BCUT2D eigenvalue weighted by Gasteiger charge is -2.31. The number of methoxy groups -OCH3 is 1. The molecule has 0 aromatic heterocycles. The van der Waals surface area contributed by atoms with Crippen LogP contribution in [0.15, 0.2) is 42.5 Å². The molecule has 1 saturated heterocycles. The van der Waals surface area contributed by atoms with Gasteiger partial charge in [-0.3, -0.25) is 24.1 Å². The molecule has 3 rings (SSSR count). The van der Waals surface area contributed by atoms with Crippen molar-refractivity contribution in [2.45, 2.75) is 45.3 Å². The molecule has 1 aliphatic rings. The third-order valence-corrected chi connectivity index (χ3v) is 7.27. The average Bonchev–Trinajstić information content (AvgIpc) is 3.33. The number of nitro groups is 1. The highest BCUT2D eigenvalue weighted by Crippen LogP contribution is 2.35. The predicted octanol–water partition coefficient (Wildman–Crippen LogP) is 3.06. The van der Waals surface area contributed by atoms with Crippen LogP contribution >= 0.6 is 0 Å². The van der Waals surface area contributed by atoms with Crippen LogP contribution in [-0.2, 0) is 27.9 Å². The molecule has 2 aromatic carbocycles. The highest BCUT2D eigenvalue weighted by atomic mass is 32.2. The summed E-state index contributed by atoms with van der Waals surface area (Å²) in [5, 5.41) is 14.2. The second-order valence-electron chi connectivity index (χ2n) is 8.57. The van der Waals surface area contributed by atoms with Gasteiger partial charge >= 0.3 is 0 Å². The summed E-state index contributed by atoms with van der Waals surface area (Å²) in [5.41, 5.74) is 1.71. The van der Waals surface area contributed by atoms with Crippen LogP contribution in [0.2, 0.25) is 0 Å². The fourth-order valence-corrected chi connectivity index (χ4v) is 5.57. The van der Waals surface area contributed by atoms with Crippen molar-refractivity contribution in [1.82, 2.24) is 10.2 Å². The zero-order chi connectivity index (χ0) is 25.6. The van der Waals surface area contributed by atoms with Crippen molar-refractivity contribution in [1.29, 1.82) is 0 Å². The van der Waals surface area contributed by atoms with Crippen molar-refractivity contribution in [3.63, 3.8) is 0 Å². The van der Waals surface area contributed by atoms with Gasteiger partial charge in [-0.15, -0.1) is 0 Å². The lowest BCUT2D eigenvalue weighted by Crippen LogP contribution is -2.49. The number of rotatable bonds is 11. The molecule has 0 unspecified atom stereocenters. The quantitative estimate of drug-likeness (QED) is 0.369. The number of likely N-dealkylation sites (tertiary alicyclic amines) is 1. The van der Waals surface area contributed by atoms with Crippen LogP contribution in [0.5, 0.6) is 5.75 Å². The minimum Gasteiger partial charge on any atom is -0.495 e. The Hall–Kier alpha value is -3.18. The van der Waals surface area contributed by atoms with E-state index in [2.05, 4.69) is 10.2 Å². The molecule has 35 heavy (non-hydrogen) atoms. The number of nitro benzene ring substituents is 1. The van der Waals surface area contributed by atoms with E-state index in [1.54, 1.807) is 6.92 Å². The molecular formula is C24H32N4O6S. The molecule has 1 atom stereocenters. The SMILES string of the molecule is CC[C@@H](C(=O)NCc1ccccc1CN1CCCC1)N(c1cc([N+](=O)[O-])ccc1OC)S(C)(=O)=O. The number of nitrogens with zero attached hydrogens (tertiary/aromatic N) is 3. The number of sulfonamides is 1. The lowest BCUT2D eigenvalue weighted by atomic mass is 10.1. The Morgan fingerprint density at radius 3 is 2.43 bits per heavy atom. The maximum atomic E-state index is 13.3. The summed E-state index contributed by atoms with van der Waals surface area (Å²) in [6.07, 6.45) is 3.48. The van der Waals surface area contributed by atoms with Crippen molar-refractivity contribution in [3.8, 4) is 5.75 Å². The van der Waals surface area contributed by atoms with Crippen LogP contribution in [0.1, 0.15) is 37.3 Å². The number of non-ortho nitro benzene ring substituents is 1. The van der Waals surface area contributed by atoms with E-state index in [-0.39, 0.29) is 30.1 Å². The van der Waals surface area contributed by atoms with E-state index < -0.39 is 26.9 Å². The molecule has 2 aromatic rings. The number of anilines is 1. The van der Waals surface area contributed by atoms with Gasteiger partial charge in [0.1, 0.15) is 17.5 Å². The summed E-state index contributed by atoms with van der Waals surface area (Å²) in [6.45, 7) is 4.82. The van der Waals surface area contributed by atoms with E-state index in [9.17, 15) is 23.3 Å². The van der Waals surface area contributed by atoms with Gasteiger partial charge in [0.15, 0.2) is 0 Å². The Labute approximate surface area is 206 Å². The fourth-order valence-electron chi connectivity index (χ4n) is 4.37. The van der Waals surface area contributed by atoms with Crippen molar-refractivity contribution >= 4 is 27.3 Å². The van der Waals surface area contributed by atoms with Crippen molar-refractivity contribution in [2.24, 2.45) is 0 Å². The summed E-state index contributed by atoms with van der Waals surface area (Å²) >= 11 is 0. The van der Waals surface area contributed by atoms with Gasteiger partial charge in [-0.2, -0.15) is 0 Å². The molecule has 0 radical (unpaired) electrons. The highest BCUT2D eigenvalue weighted by molar-refractivity contribution is 7.92. The normalized spacial score (nSPS) is 14.9. The Morgan fingerprint density at radius 2 is 1.86 bits per heavy atom. The van der Waals surface area contributed by atoms with Gasteiger partial charge < -0.3 is 10.1 Å². The summed E-state index contributed by atoms with van der Waals surface area (Å²) < 4.78 is 31.8. The first kappa shape index (κ1) is 26.4. The van der Waals surface area contributed by atoms with Gasteiger partial charge in [0.05, 0.1) is 18.3 Å². The van der Waals surface area contributed by atoms with Crippen LogP contribution in [0, 0.1) is 10.1 Å². The van der Waals surface area contributed by atoms with Crippen LogP contribution in [-0.4, -0.2) is 56.6 Å². The Kier molecular flexibility index (Phi) is 8.68. The predicted molar refractivity (Wildman–Crippen MR) is 134 cm³/mol. The van der Waals surface area contributed by atoms with Crippen molar-refractivity contribution in [3.05, 3.63) is 63.7 Å². The van der Waals surface area contributed by atoms with E-state index in [1.165, 1.54) is 32.1 Å². The van der Waals surface area contributed by atoms with E-state index >= 15 is 0 Å². The van der Waals surface area contributed by atoms with Crippen LogP contribution in [0.3, 0.4) is 0 Å². The molecular weight excluding hydrogens is 472 g/mol. The first-order valence-corrected chi connectivity index (χ1v) is 13.4. The fraction of sp³-hybridized carbons (Fsp3) is 0.458. The molecule has 1 fully saturated rings. The molecule has 1 aliphatic heterocycles. The van der Waals surface area contributed by atoms with Crippen LogP contribution in [0.25, 0.3) is 0 Å². The smallest absolute Gasteiger partial charge is 0.271 e. The largest absolute Gasteiger partial charge is 0.495 e. The maximum absolute atomic E-state index is 13.3. The summed E-state index contributed by atoms with van der Waals surface area (Å²) in [5.74, 6) is -0.384. The van der Waals surface area contributed by atoms with E-state index in [1.807, 2.05) is 24.3 Å². The van der Waals surface area contributed by atoms with Gasteiger partial charge in [0.2, 0.25) is 15.9 Å². The Balaban J connectivity index is 1.87. The number of nitrogens with one attached hydrogen (secondary N) is 1. The van der Waals surface area contributed by atoms with Gasteiger partial charge in [0.25, 0.3) is 5.69 Å². The first-order chi connectivity index (χ1) is 16.7. The molecule has 1 N–H and O–H groups in total. The number of hydrogen-bond acceptors (Lipinski definition) is 7. The maximum Gasteiger partial charge on any atom is 0.271 e. The van der Waals surface area contributed by atoms with Gasteiger partial charge in [-0.05, 0) is 49.5 Å². The summed E-state index contributed by atoms with van der Waals surface area (Å²) in [7, 11) is -2.66. The molecule has 11 heteroatoms. The third kappa shape index (κ3) is 6.49. The molecule has 0 bridgehead atoms. The minimum atomic E-state index is -3.99. The topological polar surface area (TPSA) is 122 Å². The van der Waals surface area contributed by atoms with Crippen LogP contribution < -0.4 is 14.4 Å². The zero-order valence-electron chi connectivity index (χ0n) is 20.3. The molecule has 1 heterocycles. The summed E-state index contributed by atoms with van der Waals surface area (Å²) in [6, 6.07) is 10.4. The second-order valence-corrected chi connectivity index (χ2v) is 10.4. The van der Waals surface area contributed by atoms with Gasteiger partial charge in [-0.1, -0.05) is 31.2 Å². The monoisotopic (exact) mass is 504 g/mol. The average molecular weight is 505 g/mol. The molecule has 0 spiro atoms. The molecule has 10 nitrogen and oxygen atoms in total. The van der Waals surface area contributed by atoms with E-state index in [0.29, 0.717) is 0 Å². The standard InChI is InChI=1S/C24H32N4O6S/c1-4-21(27(35(3,32)33)22-15-20(28(30)31)11-12-23(22)34-2)24(29)25-16-18-9-5-6-10-19(18)17-26-13-7-8-14-26/h5-6,9-12,15,21H,4,7-8,13-14,16-17H2,1-3H3,(H,25,29)/t21-/m0/s1. The van der Waals surface area contributed by atoms with Gasteiger partial charge in [0, 0.05) is 25.2 Å².